The lowest BCUT2D eigenvalue weighted by Gasteiger charge is -2.06. The fourth-order valence-electron chi connectivity index (χ4n) is 2.22. The van der Waals surface area contributed by atoms with Gasteiger partial charge in [-0.3, -0.25) is 4.79 Å². The van der Waals surface area contributed by atoms with E-state index < -0.39 is 11.7 Å². The van der Waals surface area contributed by atoms with Crippen molar-refractivity contribution in [3.05, 3.63) is 65.2 Å². The van der Waals surface area contributed by atoms with Crippen LogP contribution < -0.4 is 0 Å². The second-order valence-corrected chi connectivity index (χ2v) is 5.51. The van der Waals surface area contributed by atoms with Gasteiger partial charge in [0, 0.05) is 11.1 Å². The van der Waals surface area contributed by atoms with Gasteiger partial charge in [0.1, 0.15) is 6.54 Å². The third-order valence-corrected chi connectivity index (χ3v) is 3.56. The predicted octanol–water partition coefficient (Wildman–Crippen LogP) is 3.55. The first kappa shape index (κ1) is 16.8. The number of Topliss-reactive ketones (excluding diaryl/α,β-unsaturated/α-hetero) is 1. The smallest absolute Gasteiger partial charge is 0.292 e. The molecule has 0 aliphatic heterocycles. The van der Waals surface area contributed by atoms with Crippen molar-refractivity contribution in [2.45, 2.75) is 19.6 Å². The van der Waals surface area contributed by atoms with E-state index in [1.165, 1.54) is 12.1 Å². The average molecular weight is 346 g/mol. The highest BCUT2D eigenvalue weighted by Crippen LogP contribution is 2.31. The number of carbonyl (C=O) groups excluding carboxylic acids is 1. The highest BCUT2D eigenvalue weighted by atomic mass is 19.4. The number of alkyl halides is 3. The van der Waals surface area contributed by atoms with E-state index >= 15 is 0 Å². The number of ketones is 1. The first-order chi connectivity index (χ1) is 11.8. The van der Waals surface area contributed by atoms with Crippen LogP contribution in [0.4, 0.5) is 13.2 Å². The number of aromatic nitrogens is 4. The Morgan fingerprint density at radius 2 is 1.84 bits per heavy atom. The average Bonchev–Trinajstić information content (AvgIpc) is 3.03. The van der Waals surface area contributed by atoms with Gasteiger partial charge in [0.25, 0.3) is 0 Å². The van der Waals surface area contributed by atoms with Gasteiger partial charge < -0.3 is 0 Å². The van der Waals surface area contributed by atoms with Crippen LogP contribution in [0.2, 0.25) is 0 Å². The molecule has 0 unspecified atom stereocenters. The molecule has 128 valence electrons. The number of rotatable bonds is 4. The predicted molar refractivity (Wildman–Crippen MR) is 83.8 cm³/mol. The molecule has 0 amide bonds. The molecular formula is C17H13F3N4O. The largest absolute Gasteiger partial charge is 0.416 e. The van der Waals surface area contributed by atoms with Crippen molar-refractivity contribution in [2.75, 3.05) is 0 Å². The van der Waals surface area contributed by atoms with Gasteiger partial charge in [-0.25, -0.2) is 0 Å². The number of hydrogen-bond acceptors (Lipinski definition) is 4. The molecule has 1 heterocycles. The molecule has 2 aromatic carbocycles. The topological polar surface area (TPSA) is 60.7 Å². The van der Waals surface area contributed by atoms with Crippen molar-refractivity contribution < 1.29 is 18.0 Å². The Bertz CT molecular complexity index is 901. The molecule has 0 radical (unpaired) electrons. The maximum atomic E-state index is 12.8. The molecule has 0 bridgehead atoms. The Morgan fingerprint density at radius 1 is 1.12 bits per heavy atom. The Hall–Kier alpha value is -3.03. The fraction of sp³-hybridized carbons (Fsp3) is 0.176. The standard InChI is InChI=1S/C17H13F3N4O/c1-11-5-7-12(8-6-11)15(25)10-24-22-16(21-23-24)13-3-2-4-14(9-13)17(18,19)20/h2-9H,10H2,1H3. The maximum Gasteiger partial charge on any atom is 0.416 e. The molecule has 0 aliphatic rings. The van der Waals surface area contributed by atoms with E-state index in [2.05, 4.69) is 15.4 Å². The van der Waals surface area contributed by atoms with Gasteiger partial charge in [0.2, 0.25) is 5.82 Å². The minimum atomic E-state index is -4.45. The summed E-state index contributed by atoms with van der Waals surface area (Å²) >= 11 is 0. The molecule has 0 aliphatic carbocycles. The van der Waals surface area contributed by atoms with E-state index in [-0.39, 0.29) is 23.7 Å². The molecule has 3 rings (SSSR count). The van der Waals surface area contributed by atoms with E-state index in [1.54, 1.807) is 12.1 Å². The number of tetrazole rings is 1. The minimum Gasteiger partial charge on any atom is -0.292 e. The molecule has 0 N–H and O–H groups in total. The molecule has 0 spiro atoms. The zero-order valence-electron chi connectivity index (χ0n) is 13.2. The molecule has 0 saturated carbocycles. The van der Waals surface area contributed by atoms with Gasteiger partial charge in [0.05, 0.1) is 5.56 Å². The lowest BCUT2D eigenvalue weighted by Crippen LogP contribution is -2.13. The number of benzene rings is 2. The van der Waals surface area contributed by atoms with Crippen LogP contribution in [0, 0.1) is 6.92 Å². The molecule has 3 aromatic rings. The molecule has 0 fully saturated rings. The second-order valence-electron chi connectivity index (χ2n) is 5.51. The van der Waals surface area contributed by atoms with Gasteiger partial charge >= 0.3 is 6.18 Å². The van der Waals surface area contributed by atoms with Crippen molar-refractivity contribution in [3.63, 3.8) is 0 Å². The number of carbonyl (C=O) groups is 1. The van der Waals surface area contributed by atoms with Crippen LogP contribution in [0.15, 0.2) is 48.5 Å². The Morgan fingerprint density at radius 3 is 2.52 bits per heavy atom. The summed E-state index contributed by atoms with van der Waals surface area (Å²) in [6.07, 6.45) is -4.45. The summed E-state index contributed by atoms with van der Waals surface area (Å²) in [7, 11) is 0. The molecule has 8 heteroatoms. The Kier molecular flexibility index (Phi) is 4.35. The van der Waals surface area contributed by atoms with Gasteiger partial charge in [-0.15, -0.1) is 10.2 Å². The number of aryl methyl sites for hydroxylation is 1. The summed E-state index contributed by atoms with van der Waals surface area (Å²) in [6, 6.07) is 11.7. The maximum absolute atomic E-state index is 12.8. The quantitative estimate of drug-likeness (QED) is 0.678. The van der Waals surface area contributed by atoms with E-state index in [0.717, 1.165) is 22.5 Å². The second kappa shape index (κ2) is 6.46. The summed E-state index contributed by atoms with van der Waals surface area (Å²) in [5.41, 5.74) is 0.923. The van der Waals surface area contributed by atoms with Crippen molar-refractivity contribution in [1.82, 2.24) is 20.2 Å². The molecular weight excluding hydrogens is 333 g/mol. The van der Waals surface area contributed by atoms with E-state index in [1.807, 2.05) is 19.1 Å². The van der Waals surface area contributed by atoms with Crippen LogP contribution in [-0.2, 0) is 12.7 Å². The first-order valence-electron chi connectivity index (χ1n) is 7.38. The summed E-state index contributed by atoms with van der Waals surface area (Å²) in [5, 5.41) is 11.5. The van der Waals surface area contributed by atoms with Crippen LogP contribution in [0.1, 0.15) is 21.5 Å². The normalized spacial score (nSPS) is 11.5. The van der Waals surface area contributed by atoms with Gasteiger partial charge in [-0.1, -0.05) is 42.0 Å². The monoisotopic (exact) mass is 346 g/mol. The number of hydrogen-bond donors (Lipinski definition) is 0. The lowest BCUT2D eigenvalue weighted by atomic mass is 10.1. The highest BCUT2D eigenvalue weighted by molar-refractivity contribution is 5.95. The Labute approximate surface area is 141 Å². The zero-order valence-corrected chi connectivity index (χ0v) is 13.2. The van der Waals surface area contributed by atoms with Crippen LogP contribution in [0.25, 0.3) is 11.4 Å². The minimum absolute atomic E-state index is 0.0304. The van der Waals surface area contributed by atoms with Crippen molar-refractivity contribution >= 4 is 5.78 Å². The van der Waals surface area contributed by atoms with Crippen molar-refractivity contribution in [2.24, 2.45) is 0 Å². The van der Waals surface area contributed by atoms with E-state index in [4.69, 9.17) is 0 Å². The molecule has 25 heavy (non-hydrogen) atoms. The first-order valence-corrected chi connectivity index (χ1v) is 7.38. The highest BCUT2D eigenvalue weighted by Gasteiger charge is 2.30. The van der Waals surface area contributed by atoms with E-state index in [0.29, 0.717) is 5.56 Å². The summed E-state index contributed by atoms with van der Waals surface area (Å²) in [5.74, 6) is -0.184. The van der Waals surface area contributed by atoms with Gasteiger partial charge in [-0.05, 0) is 24.3 Å². The van der Waals surface area contributed by atoms with Crippen LogP contribution in [-0.4, -0.2) is 26.0 Å². The van der Waals surface area contributed by atoms with Crippen LogP contribution in [0.3, 0.4) is 0 Å². The Balaban J connectivity index is 1.79. The van der Waals surface area contributed by atoms with Gasteiger partial charge in [0.15, 0.2) is 5.78 Å². The molecule has 1 aromatic heterocycles. The van der Waals surface area contributed by atoms with Crippen LogP contribution >= 0.6 is 0 Å². The van der Waals surface area contributed by atoms with Gasteiger partial charge in [-0.2, -0.15) is 18.0 Å². The summed E-state index contributed by atoms with van der Waals surface area (Å²) in [4.78, 5) is 13.2. The third kappa shape index (κ3) is 3.90. The molecule has 5 nitrogen and oxygen atoms in total. The number of nitrogens with zero attached hydrogens (tertiary/aromatic N) is 4. The summed E-state index contributed by atoms with van der Waals surface area (Å²) < 4.78 is 38.3. The van der Waals surface area contributed by atoms with Crippen molar-refractivity contribution in [1.29, 1.82) is 0 Å². The SMILES string of the molecule is Cc1ccc(C(=O)Cn2nnc(-c3cccc(C(F)(F)F)c3)n2)cc1. The molecule has 0 saturated heterocycles. The van der Waals surface area contributed by atoms with Crippen LogP contribution in [0.5, 0.6) is 0 Å². The zero-order chi connectivity index (χ0) is 18.0. The number of halogens is 3. The fourth-order valence-corrected chi connectivity index (χ4v) is 2.22. The lowest BCUT2D eigenvalue weighted by molar-refractivity contribution is -0.137. The summed E-state index contributed by atoms with van der Waals surface area (Å²) in [6.45, 7) is 1.77. The molecule has 0 atom stereocenters. The van der Waals surface area contributed by atoms with E-state index in [9.17, 15) is 18.0 Å². The third-order valence-electron chi connectivity index (χ3n) is 3.56. The van der Waals surface area contributed by atoms with Crippen molar-refractivity contribution in [3.8, 4) is 11.4 Å².